The molecule has 1 aliphatic rings. The van der Waals surface area contributed by atoms with Crippen LogP contribution in [-0.4, -0.2) is 38.7 Å². The monoisotopic (exact) mass is 384 g/mol. The maximum Gasteiger partial charge on any atom is 0.320 e. The number of aromatic nitrogens is 4. The molecule has 0 spiro atoms. The second kappa shape index (κ2) is 7.44. The number of hydrogen-bond acceptors (Lipinski definition) is 7. The molecule has 1 N–H and O–H groups in total. The van der Waals surface area contributed by atoms with Crippen LogP contribution in [-0.2, 0) is 13.0 Å². The van der Waals surface area contributed by atoms with E-state index < -0.39 is 0 Å². The molecule has 29 heavy (non-hydrogen) atoms. The fourth-order valence-corrected chi connectivity index (χ4v) is 3.54. The lowest BCUT2D eigenvalue weighted by molar-refractivity contribution is 0.313. The smallest absolute Gasteiger partial charge is 0.320 e. The van der Waals surface area contributed by atoms with Gasteiger partial charge in [0, 0.05) is 54.7 Å². The number of hydrogen-bond donors (Lipinski definition) is 1. The summed E-state index contributed by atoms with van der Waals surface area (Å²) in [5.41, 5.74) is 6.37. The van der Waals surface area contributed by atoms with Gasteiger partial charge in [-0.2, -0.15) is 0 Å². The summed E-state index contributed by atoms with van der Waals surface area (Å²) in [7, 11) is 2.14. The van der Waals surface area contributed by atoms with Crippen LogP contribution in [0.3, 0.4) is 0 Å². The quantitative estimate of drug-likeness (QED) is 0.571. The standard InChI is InChI=1S/C22H20N6O/c1-28-8-6-15-4-5-20(10-19(15)14-28)25-22-27-26-21(29-22)18-9-17(12-24-13-18)16-3-2-7-23-11-16/h2-5,7,9-13H,6,8,14H2,1H3,(H,25,27). The van der Waals surface area contributed by atoms with Gasteiger partial charge in [0.15, 0.2) is 0 Å². The van der Waals surface area contributed by atoms with E-state index in [0.717, 1.165) is 41.9 Å². The molecule has 4 heterocycles. The highest BCUT2D eigenvalue weighted by Gasteiger charge is 2.15. The van der Waals surface area contributed by atoms with Crippen LogP contribution in [0.25, 0.3) is 22.6 Å². The summed E-state index contributed by atoms with van der Waals surface area (Å²) in [6.07, 6.45) is 8.13. The van der Waals surface area contributed by atoms with Gasteiger partial charge in [0.05, 0.1) is 5.56 Å². The molecule has 1 aliphatic heterocycles. The summed E-state index contributed by atoms with van der Waals surface area (Å²) in [6.45, 7) is 2.05. The van der Waals surface area contributed by atoms with Crippen molar-refractivity contribution in [2.45, 2.75) is 13.0 Å². The predicted molar refractivity (Wildman–Crippen MR) is 111 cm³/mol. The van der Waals surface area contributed by atoms with Crippen LogP contribution in [0, 0.1) is 0 Å². The van der Waals surface area contributed by atoms with Crippen LogP contribution < -0.4 is 5.32 Å². The molecule has 0 saturated carbocycles. The van der Waals surface area contributed by atoms with E-state index in [-0.39, 0.29) is 0 Å². The maximum atomic E-state index is 5.83. The molecule has 0 aliphatic carbocycles. The molecule has 0 fully saturated rings. The van der Waals surface area contributed by atoms with Gasteiger partial charge in [-0.25, -0.2) is 0 Å². The molecule has 4 aromatic rings. The molecule has 0 radical (unpaired) electrons. The van der Waals surface area contributed by atoms with Crippen LogP contribution in [0.4, 0.5) is 11.7 Å². The number of nitrogens with one attached hydrogen (secondary N) is 1. The van der Waals surface area contributed by atoms with E-state index in [1.165, 1.54) is 11.1 Å². The predicted octanol–water partition coefficient (Wildman–Crippen LogP) is 3.93. The fourth-order valence-electron chi connectivity index (χ4n) is 3.54. The SMILES string of the molecule is CN1CCc2ccc(Nc3nnc(-c4cncc(-c5cccnc5)c4)o3)cc2C1. The Morgan fingerprint density at radius 2 is 1.83 bits per heavy atom. The molecule has 5 rings (SSSR count). The Bertz CT molecular complexity index is 1140. The Balaban J connectivity index is 1.37. The second-order valence-electron chi connectivity index (χ2n) is 7.21. The van der Waals surface area contributed by atoms with E-state index in [0.29, 0.717) is 11.9 Å². The molecule has 0 saturated heterocycles. The van der Waals surface area contributed by atoms with Gasteiger partial charge >= 0.3 is 6.01 Å². The molecule has 7 nitrogen and oxygen atoms in total. The largest absolute Gasteiger partial charge is 0.403 e. The van der Waals surface area contributed by atoms with Crippen molar-refractivity contribution in [1.29, 1.82) is 0 Å². The highest BCUT2D eigenvalue weighted by Crippen LogP contribution is 2.27. The van der Waals surface area contributed by atoms with Crippen LogP contribution in [0.5, 0.6) is 0 Å². The van der Waals surface area contributed by atoms with Crippen molar-refractivity contribution in [3.63, 3.8) is 0 Å². The normalized spacial score (nSPS) is 13.8. The molecule has 0 amide bonds. The Kier molecular flexibility index (Phi) is 4.50. The molecule has 0 unspecified atom stereocenters. The molecule has 0 atom stereocenters. The third-order valence-corrected chi connectivity index (χ3v) is 5.07. The van der Waals surface area contributed by atoms with Gasteiger partial charge in [0.1, 0.15) is 0 Å². The van der Waals surface area contributed by atoms with Crippen LogP contribution >= 0.6 is 0 Å². The first-order valence-corrected chi connectivity index (χ1v) is 9.51. The number of likely N-dealkylation sites (N-methyl/N-ethyl adjacent to an activating group) is 1. The van der Waals surface area contributed by atoms with Gasteiger partial charge in [-0.15, -0.1) is 5.10 Å². The van der Waals surface area contributed by atoms with Crippen LogP contribution in [0.15, 0.2) is 65.6 Å². The van der Waals surface area contributed by atoms with E-state index in [4.69, 9.17) is 4.42 Å². The molecular weight excluding hydrogens is 364 g/mol. The summed E-state index contributed by atoms with van der Waals surface area (Å²) in [4.78, 5) is 10.8. The van der Waals surface area contributed by atoms with E-state index in [9.17, 15) is 0 Å². The molecule has 1 aromatic carbocycles. The number of pyridine rings is 2. The average molecular weight is 384 g/mol. The first kappa shape index (κ1) is 17.5. The fraction of sp³-hybridized carbons (Fsp3) is 0.182. The Labute approximate surface area is 168 Å². The first-order chi connectivity index (χ1) is 14.2. The summed E-state index contributed by atoms with van der Waals surface area (Å²) in [6, 6.07) is 12.6. The summed E-state index contributed by atoms with van der Waals surface area (Å²) in [5, 5.41) is 11.5. The Hall–Kier alpha value is -3.58. The van der Waals surface area contributed by atoms with Gasteiger partial charge in [0.25, 0.3) is 5.89 Å². The van der Waals surface area contributed by atoms with Crippen molar-refractivity contribution in [3.05, 3.63) is 72.3 Å². The highest BCUT2D eigenvalue weighted by atomic mass is 16.4. The lowest BCUT2D eigenvalue weighted by atomic mass is 9.99. The number of anilines is 2. The number of benzene rings is 1. The van der Waals surface area contributed by atoms with Gasteiger partial charge in [0.2, 0.25) is 0 Å². The van der Waals surface area contributed by atoms with Crippen LogP contribution in [0.1, 0.15) is 11.1 Å². The number of fused-ring (bicyclic) bond motifs is 1. The van der Waals surface area contributed by atoms with Crippen molar-refractivity contribution in [2.24, 2.45) is 0 Å². The minimum absolute atomic E-state index is 0.357. The topological polar surface area (TPSA) is 80.0 Å². The molecule has 7 heteroatoms. The Morgan fingerprint density at radius 3 is 2.72 bits per heavy atom. The van der Waals surface area contributed by atoms with Crippen molar-refractivity contribution in [1.82, 2.24) is 25.1 Å². The third-order valence-electron chi connectivity index (χ3n) is 5.07. The zero-order chi connectivity index (χ0) is 19.6. The van der Waals surface area contributed by atoms with Crippen molar-refractivity contribution >= 4 is 11.7 Å². The zero-order valence-electron chi connectivity index (χ0n) is 16.0. The second-order valence-corrected chi connectivity index (χ2v) is 7.21. The molecule has 3 aromatic heterocycles. The van der Waals surface area contributed by atoms with E-state index in [2.05, 4.69) is 55.6 Å². The van der Waals surface area contributed by atoms with Gasteiger partial charge < -0.3 is 14.6 Å². The van der Waals surface area contributed by atoms with Gasteiger partial charge in [-0.1, -0.05) is 17.2 Å². The minimum Gasteiger partial charge on any atom is -0.403 e. The van der Waals surface area contributed by atoms with E-state index >= 15 is 0 Å². The van der Waals surface area contributed by atoms with Crippen molar-refractivity contribution in [2.75, 3.05) is 18.9 Å². The molecule has 144 valence electrons. The summed E-state index contributed by atoms with van der Waals surface area (Å²) < 4.78 is 5.83. The Morgan fingerprint density at radius 1 is 0.931 bits per heavy atom. The summed E-state index contributed by atoms with van der Waals surface area (Å²) >= 11 is 0. The molecule has 0 bridgehead atoms. The highest BCUT2D eigenvalue weighted by molar-refractivity contribution is 5.67. The van der Waals surface area contributed by atoms with Crippen molar-refractivity contribution < 1.29 is 4.42 Å². The average Bonchev–Trinajstić information content (AvgIpc) is 3.23. The first-order valence-electron chi connectivity index (χ1n) is 9.51. The van der Waals surface area contributed by atoms with Crippen LogP contribution in [0.2, 0.25) is 0 Å². The van der Waals surface area contributed by atoms with Gasteiger partial charge in [-0.3, -0.25) is 9.97 Å². The lowest BCUT2D eigenvalue weighted by Crippen LogP contribution is -2.26. The maximum absolute atomic E-state index is 5.83. The minimum atomic E-state index is 0.357. The number of nitrogens with zero attached hydrogens (tertiary/aromatic N) is 5. The van der Waals surface area contributed by atoms with Gasteiger partial charge in [-0.05, 0) is 48.9 Å². The van der Waals surface area contributed by atoms with Crippen molar-refractivity contribution in [3.8, 4) is 22.6 Å². The summed E-state index contributed by atoms with van der Waals surface area (Å²) in [5.74, 6) is 0.420. The van der Waals surface area contributed by atoms with E-state index in [1.54, 1.807) is 24.8 Å². The lowest BCUT2D eigenvalue weighted by Gasteiger charge is -2.25. The van der Waals surface area contributed by atoms with E-state index in [1.807, 2.05) is 18.2 Å². The third kappa shape index (κ3) is 3.72. The zero-order valence-corrected chi connectivity index (χ0v) is 16.0. The number of rotatable bonds is 4. The molecular formula is C22H20N6O.